The third-order valence-electron chi connectivity index (χ3n) is 2.46. The van der Waals surface area contributed by atoms with Gasteiger partial charge in [-0.05, 0) is 49.9 Å². The fourth-order valence-corrected chi connectivity index (χ4v) is 1.69. The van der Waals surface area contributed by atoms with Gasteiger partial charge in [0, 0.05) is 5.71 Å². The van der Waals surface area contributed by atoms with Crippen LogP contribution in [0.5, 0.6) is 0 Å². The molecular weight excluding hydrogens is 172 g/mol. The van der Waals surface area contributed by atoms with Crippen molar-refractivity contribution in [2.24, 2.45) is 4.99 Å². The average Bonchev–Trinajstić information content (AvgIpc) is 2.72. The predicted molar refractivity (Wildman–Crippen MR) is 56.7 cm³/mol. The molecule has 0 radical (unpaired) electrons. The van der Waals surface area contributed by atoms with E-state index in [1.165, 1.54) is 18.6 Å². The summed E-state index contributed by atoms with van der Waals surface area (Å²) in [5.41, 5.74) is 2.97. The lowest BCUT2D eigenvalue weighted by Gasteiger charge is -1.96. The Morgan fingerprint density at radius 2 is 1.71 bits per heavy atom. The number of benzene rings is 1. The van der Waals surface area contributed by atoms with Gasteiger partial charge in [-0.15, -0.1) is 0 Å². The molecule has 2 rings (SSSR count). The number of nitriles is 1. The summed E-state index contributed by atoms with van der Waals surface area (Å²) in [7, 11) is 0. The van der Waals surface area contributed by atoms with Crippen molar-refractivity contribution in [2.45, 2.75) is 25.7 Å². The number of rotatable bonds is 1. The Bertz CT molecular complexity index is 374. The predicted octanol–water partition coefficient (Wildman–Crippen LogP) is 3.20. The highest BCUT2D eigenvalue weighted by atomic mass is 14.7. The van der Waals surface area contributed by atoms with E-state index in [0.29, 0.717) is 5.56 Å². The van der Waals surface area contributed by atoms with Crippen molar-refractivity contribution in [3.63, 3.8) is 0 Å². The monoisotopic (exact) mass is 184 g/mol. The van der Waals surface area contributed by atoms with E-state index in [1.807, 2.05) is 24.3 Å². The molecule has 0 heterocycles. The van der Waals surface area contributed by atoms with Crippen LogP contribution in [0.25, 0.3) is 0 Å². The van der Waals surface area contributed by atoms with Gasteiger partial charge in [-0.25, -0.2) is 0 Å². The quantitative estimate of drug-likeness (QED) is 0.660. The third-order valence-corrected chi connectivity index (χ3v) is 2.46. The van der Waals surface area contributed by atoms with Gasteiger partial charge in [-0.1, -0.05) is 0 Å². The van der Waals surface area contributed by atoms with Gasteiger partial charge in [0.1, 0.15) is 0 Å². The lowest BCUT2D eigenvalue weighted by molar-refractivity contribution is 0.886. The Morgan fingerprint density at radius 1 is 1.07 bits per heavy atom. The zero-order chi connectivity index (χ0) is 9.80. The SMILES string of the molecule is N#Cc1ccc(N=C2CCCC2)cc1. The first-order valence-corrected chi connectivity index (χ1v) is 4.95. The number of aliphatic imine (C=N–C) groups is 1. The van der Waals surface area contributed by atoms with E-state index < -0.39 is 0 Å². The zero-order valence-corrected chi connectivity index (χ0v) is 8.03. The summed E-state index contributed by atoms with van der Waals surface area (Å²) in [6.45, 7) is 0. The van der Waals surface area contributed by atoms with E-state index >= 15 is 0 Å². The summed E-state index contributed by atoms with van der Waals surface area (Å²) in [6.07, 6.45) is 4.82. The van der Waals surface area contributed by atoms with Gasteiger partial charge < -0.3 is 0 Å². The van der Waals surface area contributed by atoms with Crippen molar-refractivity contribution in [3.8, 4) is 6.07 Å². The fourth-order valence-electron chi connectivity index (χ4n) is 1.69. The second kappa shape index (κ2) is 4.06. The molecule has 0 N–H and O–H groups in total. The Balaban J connectivity index is 2.17. The van der Waals surface area contributed by atoms with Crippen LogP contribution >= 0.6 is 0 Å². The molecule has 1 fully saturated rings. The first-order chi connectivity index (χ1) is 6.88. The molecule has 2 heteroatoms. The Morgan fingerprint density at radius 3 is 2.29 bits per heavy atom. The molecule has 0 bridgehead atoms. The van der Waals surface area contributed by atoms with Gasteiger partial charge in [0.25, 0.3) is 0 Å². The Hall–Kier alpha value is -1.62. The number of hydrogen-bond donors (Lipinski definition) is 0. The van der Waals surface area contributed by atoms with Crippen LogP contribution in [0, 0.1) is 11.3 Å². The van der Waals surface area contributed by atoms with Gasteiger partial charge in [-0.2, -0.15) is 5.26 Å². The molecule has 1 aromatic carbocycles. The largest absolute Gasteiger partial charge is 0.258 e. The molecular formula is C12H12N2. The molecule has 1 aromatic rings. The molecule has 14 heavy (non-hydrogen) atoms. The second-order valence-electron chi connectivity index (χ2n) is 3.54. The Kier molecular flexibility index (Phi) is 2.60. The highest BCUT2D eigenvalue weighted by Crippen LogP contribution is 2.20. The van der Waals surface area contributed by atoms with Crippen LogP contribution in [0.1, 0.15) is 31.2 Å². The maximum Gasteiger partial charge on any atom is 0.0991 e. The summed E-state index contributed by atoms with van der Waals surface area (Å²) < 4.78 is 0. The molecule has 0 spiro atoms. The van der Waals surface area contributed by atoms with Crippen LogP contribution in [-0.2, 0) is 0 Å². The van der Waals surface area contributed by atoms with Gasteiger partial charge in [0.05, 0.1) is 17.3 Å². The first kappa shape index (κ1) is 8.96. The fraction of sp³-hybridized carbons (Fsp3) is 0.333. The standard InChI is InChI=1S/C12H12N2/c13-9-10-5-7-12(8-6-10)14-11-3-1-2-4-11/h5-8H,1-4H2. The van der Waals surface area contributed by atoms with Crippen molar-refractivity contribution in [2.75, 3.05) is 0 Å². The average molecular weight is 184 g/mol. The van der Waals surface area contributed by atoms with E-state index in [0.717, 1.165) is 18.5 Å². The van der Waals surface area contributed by atoms with Crippen LogP contribution in [0.3, 0.4) is 0 Å². The topological polar surface area (TPSA) is 36.1 Å². The smallest absolute Gasteiger partial charge is 0.0991 e. The van der Waals surface area contributed by atoms with Gasteiger partial charge in [0.2, 0.25) is 0 Å². The maximum absolute atomic E-state index is 8.63. The second-order valence-corrected chi connectivity index (χ2v) is 3.54. The molecule has 1 aliphatic rings. The molecule has 0 aromatic heterocycles. The van der Waals surface area contributed by atoms with Gasteiger partial charge >= 0.3 is 0 Å². The summed E-state index contributed by atoms with van der Waals surface area (Å²) in [5, 5.41) is 8.63. The van der Waals surface area contributed by atoms with Gasteiger partial charge in [-0.3, -0.25) is 4.99 Å². The summed E-state index contributed by atoms with van der Waals surface area (Å²) in [6, 6.07) is 9.54. The maximum atomic E-state index is 8.63. The molecule has 1 aliphatic carbocycles. The first-order valence-electron chi connectivity index (χ1n) is 4.95. The molecule has 0 unspecified atom stereocenters. The third kappa shape index (κ3) is 2.00. The van der Waals surface area contributed by atoms with E-state index in [-0.39, 0.29) is 0 Å². The minimum Gasteiger partial charge on any atom is -0.258 e. The normalized spacial score (nSPS) is 15.2. The summed E-state index contributed by atoms with van der Waals surface area (Å²) >= 11 is 0. The molecule has 70 valence electrons. The number of hydrogen-bond acceptors (Lipinski definition) is 2. The number of nitrogens with zero attached hydrogens (tertiary/aromatic N) is 2. The van der Waals surface area contributed by atoms with E-state index in [9.17, 15) is 0 Å². The molecule has 2 nitrogen and oxygen atoms in total. The van der Waals surface area contributed by atoms with Crippen molar-refractivity contribution >= 4 is 11.4 Å². The van der Waals surface area contributed by atoms with E-state index in [1.54, 1.807) is 0 Å². The molecule has 0 atom stereocenters. The molecule has 0 amide bonds. The summed E-state index contributed by atoms with van der Waals surface area (Å²) in [5.74, 6) is 0. The highest BCUT2D eigenvalue weighted by molar-refractivity contribution is 5.88. The van der Waals surface area contributed by atoms with Crippen molar-refractivity contribution in [3.05, 3.63) is 29.8 Å². The lowest BCUT2D eigenvalue weighted by atomic mass is 10.2. The summed E-state index contributed by atoms with van der Waals surface area (Å²) in [4.78, 5) is 4.54. The van der Waals surface area contributed by atoms with Crippen molar-refractivity contribution in [1.82, 2.24) is 0 Å². The van der Waals surface area contributed by atoms with Crippen LogP contribution in [0.2, 0.25) is 0 Å². The van der Waals surface area contributed by atoms with Crippen LogP contribution < -0.4 is 0 Å². The van der Waals surface area contributed by atoms with Gasteiger partial charge in [0.15, 0.2) is 0 Å². The van der Waals surface area contributed by atoms with Crippen LogP contribution in [0.4, 0.5) is 5.69 Å². The van der Waals surface area contributed by atoms with Crippen molar-refractivity contribution < 1.29 is 0 Å². The van der Waals surface area contributed by atoms with Crippen LogP contribution in [-0.4, -0.2) is 5.71 Å². The van der Waals surface area contributed by atoms with Crippen molar-refractivity contribution in [1.29, 1.82) is 5.26 Å². The van der Waals surface area contributed by atoms with E-state index in [4.69, 9.17) is 5.26 Å². The molecule has 0 saturated heterocycles. The highest BCUT2D eigenvalue weighted by Gasteiger charge is 2.07. The van der Waals surface area contributed by atoms with E-state index in [2.05, 4.69) is 11.1 Å². The Labute approximate surface area is 83.9 Å². The minimum absolute atomic E-state index is 0.695. The molecule has 0 aliphatic heterocycles. The molecule has 1 saturated carbocycles. The minimum atomic E-state index is 0.695. The zero-order valence-electron chi connectivity index (χ0n) is 8.03. The van der Waals surface area contributed by atoms with Crippen LogP contribution in [0.15, 0.2) is 29.3 Å². The lowest BCUT2D eigenvalue weighted by Crippen LogP contribution is -1.86.